The summed E-state index contributed by atoms with van der Waals surface area (Å²) in [6.07, 6.45) is 10.8. The fourth-order valence-electron chi connectivity index (χ4n) is 5.27. The van der Waals surface area contributed by atoms with E-state index in [1.54, 1.807) is 0 Å². The summed E-state index contributed by atoms with van der Waals surface area (Å²) < 4.78 is 6.24. The van der Waals surface area contributed by atoms with Gasteiger partial charge in [-0.3, -0.25) is 4.90 Å². The molecule has 3 fully saturated rings. The number of aromatic nitrogens is 1. The number of hydrogen-bond donors (Lipinski definition) is 0. The van der Waals surface area contributed by atoms with E-state index < -0.39 is 0 Å². The largest absolute Gasteiger partial charge is 0.439 e. The minimum Gasteiger partial charge on any atom is -0.439 e. The van der Waals surface area contributed by atoms with Gasteiger partial charge in [-0.05, 0) is 50.2 Å². The summed E-state index contributed by atoms with van der Waals surface area (Å²) in [6, 6.07) is 8.98. The van der Waals surface area contributed by atoms with E-state index in [2.05, 4.69) is 23.1 Å². The highest BCUT2D eigenvalue weighted by Crippen LogP contribution is 2.54. The van der Waals surface area contributed by atoms with Crippen molar-refractivity contribution < 1.29 is 4.42 Å². The maximum Gasteiger partial charge on any atom is 0.216 e. The van der Waals surface area contributed by atoms with Crippen molar-refractivity contribution in [3.8, 4) is 0 Å². The average molecular weight is 296 g/mol. The first-order valence-electron chi connectivity index (χ1n) is 8.98. The van der Waals surface area contributed by atoms with Gasteiger partial charge in [0.2, 0.25) is 5.89 Å². The maximum atomic E-state index is 6.24. The third-order valence-electron chi connectivity index (χ3n) is 6.30. The SMILES string of the molecule is c1ccc2oc([C@]34CC[C@H](CN3C3CCCCC3)C4)nc2c1. The van der Waals surface area contributed by atoms with Gasteiger partial charge in [0.15, 0.2) is 5.58 Å². The zero-order valence-electron chi connectivity index (χ0n) is 13.1. The third kappa shape index (κ3) is 1.81. The molecule has 1 aromatic heterocycles. The summed E-state index contributed by atoms with van der Waals surface area (Å²) in [6.45, 7) is 1.27. The quantitative estimate of drug-likeness (QED) is 0.818. The topological polar surface area (TPSA) is 29.3 Å². The monoisotopic (exact) mass is 296 g/mol. The molecule has 1 aliphatic heterocycles. The Hall–Kier alpha value is -1.35. The van der Waals surface area contributed by atoms with Crippen LogP contribution in [0.1, 0.15) is 57.3 Å². The van der Waals surface area contributed by atoms with Crippen molar-refractivity contribution in [3.05, 3.63) is 30.2 Å². The molecule has 0 N–H and O–H groups in total. The molecule has 5 rings (SSSR count). The summed E-state index contributed by atoms with van der Waals surface area (Å²) >= 11 is 0. The second kappa shape index (κ2) is 4.82. The normalized spacial score (nSPS) is 33.0. The lowest BCUT2D eigenvalue weighted by Gasteiger charge is -2.43. The summed E-state index contributed by atoms with van der Waals surface area (Å²) in [5.74, 6) is 1.86. The number of rotatable bonds is 2. The molecule has 2 bridgehead atoms. The molecule has 1 saturated heterocycles. The van der Waals surface area contributed by atoms with Gasteiger partial charge in [0.1, 0.15) is 5.52 Å². The van der Waals surface area contributed by atoms with E-state index in [4.69, 9.17) is 9.40 Å². The predicted octanol–water partition coefficient (Wildman–Crippen LogP) is 4.47. The Morgan fingerprint density at radius 3 is 2.77 bits per heavy atom. The standard InChI is InChI=1S/C19H24N2O/c1-2-6-15(7-3-1)21-13-14-10-11-19(21,12-14)18-20-16-8-4-5-9-17(16)22-18/h4-5,8-9,14-15H,1-3,6-7,10-13H2/t14-,19+/m0/s1. The lowest BCUT2D eigenvalue weighted by Crippen LogP contribution is -2.49. The van der Waals surface area contributed by atoms with Crippen LogP contribution in [0.2, 0.25) is 0 Å². The van der Waals surface area contributed by atoms with E-state index in [9.17, 15) is 0 Å². The van der Waals surface area contributed by atoms with Gasteiger partial charge in [0.05, 0.1) is 5.54 Å². The number of oxazole rings is 1. The summed E-state index contributed by atoms with van der Waals surface area (Å²) in [5, 5.41) is 0. The van der Waals surface area contributed by atoms with Crippen molar-refractivity contribution in [1.29, 1.82) is 0 Å². The highest BCUT2D eigenvalue weighted by atomic mass is 16.4. The first-order chi connectivity index (χ1) is 10.9. The van der Waals surface area contributed by atoms with Gasteiger partial charge < -0.3 is 4.42 Å². The molecule has 2 heterocycles. The number of benzene rings is 1. The number of likely N-dealkylation sites (tertiary alicyclic amines) is 1. The van der Waals surface area contributed by atoms with E-state index in [0.717, 1.165) is 29.0 Å². The van der Waals surface area contributed by atoms with Gasteiger partial charge in [0, 0.05) is 12.6 Å². The zero-order chi connectivity index (χ0) is 14.6. The van der Waals surface area contributed by atoms with Crippen LogP contribution in [0.5, 0.6) is 0 Å². The average Bonchev–Trinajstić information content (AvgIpc) is 3.28. The molecule has 3 nitrogen and oxygen atoms in total. The molecule has 116 valence electrons. The molecule has 1 aromatic carbocycles. The number of hydrogen-bond acceptors (Lipinski definition) is 3. The van der Waals surface area contributed by atoms with E-state index in [1.807, 2.05) is 6.07 Å². The van der Waals surface area contributed by atoms with Crippen LogP contribution in [0.4, 0.5) is 0 Å². The summed E-state index contributed by atoms with van der Waals surface area (Å²) in [4.78, 5) is 7.70. The molecule has 3 aliphatic rings. The fraction of sp³-hybridized carbons (Fsp3) is 0.632. The second-order valence-electron chi connectivity index (χ2n) is 7.57. The molecule has 0 radical (unpaired) electrons. The van der Waals surface area contributed by atoms with Crippen LogP contribution < -0.4 is 0 Å². The second-order valence-corrected chi connectivity index (χ2v) is 7.57. The Balaban J connectivity index is 1.56. The number of fused-ring (bicyclic) bond motifs is 3. The third-order valence-corrected chi connectivity index (χ3v) is 6.30. The van der Waals surface area contributed by atoms with Crippen molar-refractivity contribution in [2.24, 2.45) is 5.92 Å². The summed E-state index contributed by atoms with van der Waals surface area (Å²) in [5.41, 5.74) is 2.07. The first kappa shape index (κ1) is 13.1. The van der Waals surface area contributed by atoms with Crippen molar-refractivity contribution in [2.45, 2.75) is 62.9 Å². The van der Waals surface area contributed by atoms with Crippen molar-refractivity contribution in [3.63, 3.8) is 0 Å². The molecular weight excluding hydrogens is 272 g/mol. The molecule has 0 spiro atoms. The van der Waals surface area contributed by atoms with Crippen molar-refractivity contribution >= 4 is 11.1 Å². The minimum absolute atomic E-state index is 0.103. The van der Waals surface area contributed by atoms with E-state index in [0.29, 0.717) is 0 Å². The molecule has 0 unspecified atom stereocenters. The van der Waals surface area contributed by atoms with E-state index >= 15 is 0 Å². The first-order valence-corrected chi connectivity index (χ1v) is 8.98. The van der Waals surface area contributed by atoms with Crippen LogP contribution in [0.15, 0.2) is 28.7 Å². The van der Waals surface area contributed by atoms with Gasteiger partial charge >= 0.3 is 0 Å². The molecule has 2 saturated carbocycles. The van der Waals surface area contributed by atoms with Crippen LogP contribution in [0.3, 0.4) is 0 Å². The summed E-state index contributed by atoms with van der Waals surface area (Å²) in [7, 11) is 0. The smallest absolute Gasteiger partial charge is 0.216 e. The number of piperidine rings is 1. The van der Waals surface area contributed by atoms with Gasteiger partial charge in [-0.2, -0.15) is 0 Å². The zero-order valence-corrected chi connectivity index (χ0v) is 13.1. The minimum atomic E-state index is 0.103. The molecule has 22 heavy (non-hydrogen) atoms. The van der Waals surface area contributed by atoms with Crippen LogP contribution in [0.25, 0.3) is 11.1 Å². The Morgan fingerprint density at radius 1 is 1.09 bits per heavy atom. The molecular formula is C19H24N2O. The Bertz CT molecular complexity index is 655. The number of nitrogens with zero attached hydrogens (tertiary/aromatic N) is 2. The van der Waals surface area contributed by atoms with Gasteiger partial charge in [-0.15, -0.1) is 0 Å². The molecule has 2 aliphatic carbocycles. The van der Waals surface area contributed by atoms with Gasteiger partial charge in [-0.25, -0.2) is 4.98 Å². The lowest BCUT2D eigenvalue weighted by molar-refractivity contribution is 0.0279. The maximum absolute atomic E-state index is 6.24. The molecule has 2 aromatic rings. The predicted molar refractivity (Wildman–Crippen MR) is 86.6 cm³/mol. The van der Waals surface area contributed by atoms with Crippen LogP contribution >= 0.6 is 0 Å². The Morgan fingerprint density at radius 2 is 1.95 bits per heavy atom. The highest BCUT2D eigenvalue weighted by molar-refractivity contribution is 5.72. The molecule has 0 amide bonds. The van der Waals surface area contributed by atoms with Crippen molar-refractivity contribution in [1.82, 2.24) is 9.88 Å². The van der Waals surface area contributed by atoms with Gasteiger partial charge in [0.25, 0.3) is 0 Å². The Labute approximate surface area is 131 Å². The van der Waals surface area contributed by atoms with Gasteiger partial charge in [-0.1, -0.05) is 31.4 Å². The molecule has 2 atom stereocenters. The number of para-hydroxylation sites is 2. The fourth-order valence-corrected chi connectivity index (χ4v) is 5.27. The van der Waals surface area contributed by atoms with E-state index in [1.165, 1.54) is 57.9 Å². The highest BCUT2D eigenvalue weighted by Gasteiger charge is 2.56. The van der Waals surface area contributed by atoms with Crippen LogP contribution in [0, 0.1) is 5.92 Å². The lowest BCUT2D eigenvalue weighted by atomic mass is 9.88. The van der Waals surface area contributed by atoms with Crippen LogP contribution in [-0.4, -0.2) is 22.5 Å². The Kier molecular flexibility index (Phi) is 2.88. The van der Waals surface area contributed by atoms with E-state index in [-0.39, 0.29) is 5.54 Å². The molecule has 3 heteroatoms. The van der Waals surface area contributed by atoms with Crippen molar-refractivity contribution in [2.75, 3.05) is 6.54 Å². The van der Waals surface area contributed by atoms with Crippen LogP contribution in [-0.2, 0) is 5.54 Å².